The number of aromatic amines is 1. The van der Waals surface area contributed by atoms with Crippen LogP contribution in [0.1, 0.15) is 0 Å². The Balaban J connectivity index is 1.71. The van der Waals surface area contributed by atoms with Crippen molar-refractivity contribution in [1.82, 2.24) is 30.0 Å². The Hall–Kier alpha value is -3.54. The molecule has 24 heavy (non-hydrogen) atoms. The van der Waals surface area contributed by atoms with E-state index in [4.69, 9.17) is 5.10 Å². The Morgan fingerprint density at radius 3 is 2.79 bits per heavy atom. The maximum atomic E-state index is 4.75. The topological polar surface area (TPSA) is 71.8 Å². The molecule has 3 aromatic heterocycles. The lowest BCUT2D eigenvalue weighted by Gasteiger charge is -2.04. The number of fused-ring (bicyclic) bond motifs is 2. The zero-order chi connectivity index (χ0) is 15.9. The van der Waals surface area contributed by atoms with Crippen molar-refractivity contribution in [3.63, 3.8) is 0 Å². The molecule has 3 heterocycles. The van der Waals surface area contributed by atoms with Crippen LogP contribution in [0, 0.1) is 6.07 Å². The number of nitrogens with one attached hydrogen (secondary N) is 1. The second-order valence-corrected chi connectivity index (χ2v) is 5.46. The molecule has 1 N–H and O–H groups in total. The van der Waals surface area contributed by atoms with Crippen molar-refractivity contribution < 1.29 is 0 Å². The fourth-order valence-electron chi connectivity index (χ4n) is 2.78. The van der Waals surface area contributed by atoms with Gasteiger partial charge in [-0.25, -0.2) is 9.50 Å². The van der Waals surface area contributed by atoms with Crippen LogP contribution < -0.4 is 0 Å². The third-order valence-corrected chi connectivity index (χ3v) is 4.00. The summed E-state index contributed by atoms with van der Waals surface area (Å²) in [5.41, 5.74) is 6.37. The van der Waals surface area contributed by atoms with E-state index in [9.17, 15) is 0 Å². The number of aromatic nitrogens is 6. The first kappa shape index (κ1) is 13.0. The Morgan fingerprint density at radius 2 is 1.88 bits per heavy atom. The van der Waals surface area contributed by atoms with Crippen molar-refractivity contribution in [3.8, 4) is 22.5 Å². The first-order chi connectivity index (χ1) is 11.9. The highest BCUT2D eigenvalue weighted by atomic mass is 15.3. The first-order valence-electron chi connectivity index (χ1n) is 7.51. The van der Waals surface area contributed by atoms with Crippen molar-refractivity contribution in [2.75, 3.05) is 0 Å². The van der Waals surface area contributed by atoms with E-state index >= 15 is 0 Å². The minimum absolute atomic E-state index is 0.802. The Labute approximate surface area is 136 Å². The number of H-pyrrole nitrogens is 1. The van der Waals surface area contributed by atoms with E-state index in [1.807, 2.05) is 65.3 Å². The van der Waals surface area contributed by atoms with Crippen LogP contribution in [0.2, 0.25) is 0 Å². The zero-order valence-electron chi connectivity index (χ0n) is 12.5. The second kappa shape index (κ2) is 4.99. The largest absolute Gasteiger partial charge is 0.258 e. The Bertz CT molecular complexity index is 1160. The lowest BCUT2D eigenvalue weighted by atomic mass is 10.1. The Kier molecular flexibility index (Phi) is 2.69. The van der Waals surface area contributed by atoms with Crippen LogP contribution in [0.5, 0.6) is 0 Å². The molecule has 0 bridgehead atoms. The number of benzene rings is 2. The minimum Gasteiger partial charge on any atom is -0.258 e. The molecular weight excluding hydrogens is 300 g/mol. The van der Waals surface area contributed by atoms with Crippen molar-refractivity contribution in [3.05, 3.63) is 66.9 Å². The molecule has 0 aliphatic rings. The van der Waals surface area contributed by atoms with Gasteiger partial charge in [0.15, 0.2) is 5.65 Å². The second-order valence-electron chi connectivity index (χ2n) is 5.46. The Morgan fingerprint density at radius 1 is 0.958 bits per heavy atom. The van der Waals surface area contributed by atoms with Gasteiger partial charge < -0.3 is 0 Å². The van der Waals surface area contributed by atoms with Crippen LogP contribution in [0.25, 0.3) is 39.2 Å². The maximum absolute atomic E-state index is 4.75. The summed E-state index contributed by atoms with van der Waals surface area (Å²) in [5.74, 6) is 0. The summed E-state index contributed by atoms with van der Waals surface area (Å²) in [6.45, 7) is 0. The van der Waals surface area contributed by atoms with Crippen molar-refractivity contribution in [2.24, 2.45) is 0 Å². The zero-order valence-corrected chi connectivity index (χ0v) is 12.5. The third-order valence-electron chi connectivity index (χ3n) is 4.00. The molecule has 0 saturated heterocycles. The molecule has 0 atom stereocenters. The molecule has 5 aromatic rings. The van der Waals surface area contributed by atoms with E-state index < -0.39 is 0 Å². The maximum Gasteiger partial charge on any atom is 0.154 e. The molecule has 0 amide bonds. The highest BCUT2D eigenvalue weighted by Crippen LogP contribution is 2.24. The first-order valence-corrected chi connectivity index (χ1v) is 7.51. The van der Waals surface area contributed by atoms with Crippen LogP contribution >= 0.6 is 0 Å². The van der Waals surface area contributed by atoms with Crippen LogP contribution in [0.4, 0.5) is 0 Å². The monoisotopic (exact) mass is 311 g/mol. The van der Waals surface area contributed by atoms with Gasteiger partial charge in [-0.1, -0.05) is 35.5 Å². The van der Waals surface area contributed by atoms with E-state index in [1.54, 1.807) is 0 Å². The van der Waals surface area contributed by atoms with Crippen LogP contribution in [-0.4, -0.2) is 30.0 Å². The predicted octanol–water partition coefficient (Wildman–Crippen LogP) is 3.13. The van der Waals surface area contributed by atoms with E-state index in [2.05, 4.69) is 26.5 Å². The molecule has 6 nitrogen and oxygen atoms in total. The molecule has 6 heteroatoms. The molecule has 0 saturated carbocycles. The number of imidazole rings is 1. The summed E-state index contributed by atoms with van der Waals surface area (Å²) in [5, 5.41) is 15.5. The molecular formula is C18H11N6. The van der Waals surface area contributed by atoms with E-state index in [-0.39, 0.29) is 0 Å². The molecule has 0 aliphatic heterocycles. The number of rotatable bonds is 2. The van der Waals surface area contributed by atoms with E-state index in [0.717, 1.165) is 39.2 Å². The van der Waals surface area contributed by atoms with Gasteiger partial charge in [0, 0.05) is 11.1 Å². The van der Waals surface area contributed by atoms with Gasteiger partial charge in [-0.3, -0.25) is 5.10 Å². The predicted molar refractivity (Wildman–Crippen MR) is 90.1 cm³/mol. The average molecular weight is 311 g/mol. The third kappa shape index (κ3) is 1.97. The molecule has 5 rings (SSSR count). The van der Waals surface area contributed by atoms with E-state index in [1.165, 1.54) is 0 Å². The quantitative estimate of drug-likeness (QED) is 0.543. The summed E-state index contributed by atoms with van der Waals surface area (Å²) in [4.78, 5) is 4.45. The molecule has 0 fully saturated rings. The molecule has 113 valence electrons. The van der Waals surface area contributed by atoms with Gasteiger partial charge in [0.25, 0.3) is 0 Å². The molecule has 2 aromatic carbocycles. The van der Waals surface area contributed by atoms with Crippen LogP contribution in [-0.2, 0) is 0 Å². The molecule has 0 unspecified atom stereocenters. The average Bonchev–Trinajstić information content (AvgIpc) is 3.27. The van der Waals surface area contributed by atoms with Crippen molar-refractivity contribution in [2.45, 2.75) is 0 Å². The van der Waals surface area contributed by atoms with Crippen molar-refractivity contribution >= 4 is 16.7 Å². The number of hydrogen-bond acceptors (Lipinski definition) is 4. The highest BCUT2D eigenvalue weighted by Gasteiger charge is 2.10. The van der Waals surface area contributed by atoms with Crippen molar-refractivity contribution in [1.29, 1.82) is 0 Å². The van der Waals surface area contributed by atoms with E-state index in [0.29, 0.717) is 0 Å². The standard InChI is InChI=1S/C18H11N6/c1-2-4-12(5-3-1)14-8-9-18-19-11-17(24(18)22-14)13-6-7-15-16(10-13)21-23-20-15/h2-11H,(H,20,21,23). The minimum atomic E-state index is 0.802. The van der Waals surface area contributed by atoms with Gasteiger partial charge >= 0.3 is 0 Å². The molecule has 0 spiro atoms. The summed E-state index contributed by atoms with van der Waals surface area (Å²) in [7, 11) is 0. The normalized spacial score (nSPS) is 11.3. The molecule has 1 radical (unpaired) electrons. The van der Waals surface area contributed by atoms with Crippen LogP contribution in [0.3, 0.4) is 0 Å². The summed E-state index contributed by atoms with van der Waals surface area (Å²) < 4.78 is 1.85. The van der Waals surface area contributed by atoms with Gasteiger partial charge in [-0.2, -0.15) is 5.10 Å². The van der Waals surface area contributed by atoms with Crippen LogP contribution in [0.15, 0.2) is 60.8 Å². The van der Waals surface area contributed by atoms with Gasteiger partial charge in [0.05, 0.1) is 23.1 Å². The fourth-order valence-corrected chi connectivity index (χ4v) is 2.78. The summed E-state index contributed by atoms with van der Waals surface area (Å²) in [6, 6.07) is 20.7. The van der Waals surface area contributed by atoms with Gasteiger partial charge in [-0.15, -0.1) is 5.10 Å². The van der Waals surface area contributed by atoms with Gasteiger partial charge in [0.1, 0.15) is 5.52 Å². The smallest absolute Gasteiger partial charge is 0.154 e. The SMILES string of the molecule is [c]1ccc(-c2ccc3ncc(-c4ccc5[nH]nnc5c4)n3n2)cc1. The summed E-state index contributed by atoms with van der Waals surface area (Å²) >= 11 is 0. The van der Waals surface area contributed by atoms with Gasteiger partial charge in [0.2, 0.25) is 0 Å². The number of nitrogens with zero attached hydrogens (tertiary/aromatic N) is 5. The fraction of sp³-hybridized carbons (Fsp3) is 0. The highest BCUT2D eigenvalue weighted by molar-refractivity contribution is 5.80. The summed E-state index contributed by atoms with van der Waals surface area (Å²) in [6.07, 6.45) is 1.83. The number of hydrogen-bond donors (Lipinski definition) is 1. The molecule has 0 aliphatic carbocycles. The lowest BCUT2D eigenvalue weighted by Crippen LogP contribution is -1.96. The lowest BCUT2D eigenvalue weighted by molar-refractivity contribution is 0.949. The van der Waals surface area contributed by atoms with Gasteiger partial charge in [-0.05, 0) is 30.3 Å².